The summed E-state index contributed by atoms with van der Waals surface area (Å²) in [6.45, 7) is 0.588. The number of hydrogen-bond acceptors (Lipinski definition) is 3. The van der Waals surface area contributed by atoms with Gasteiger partial charge in [0, 0.05) is 24.7 Å². The van der Waals surface area contributed by atoms with Crippen LogP contribution in [0.25, 0.3) is 0 Å². The van der Waals surface area contributed by atoms with E-state index >= 15 is 0 Å². The number of nitrogens with one attached hydrogen (secondary N) is 1. The maximum Gasteiger partial charge on any atom is 0.127 e. The Morgan fingerprint density at radius 3 is 2.67 bits per heavy atom. The molecule has 0 amide bonds. The summed E-state index contributed by atoms with van der Waals surface area (Å²) in [4.78, 5) is 0. The van der Waals surface area contributed by atoms with Crippen LogP contribution in [-0.4, -0.2) is 27.4 Å². The highest BCUT2D eigenvalue weighted by atomic mass is 19.1. The van der Waals surface area contributed by atoms with Gasteiger partial charge in [0.25, 0.3) is 0 Å². The number of halogens is 1. The smallest absolute Gasteiger partial charge is 0.127 e. The molecule has 4 heteroatoms. The van der Waals surface area contributed by atoms with Gasteiger partial charge in [-0.15, -0.1) is 0 Å². The lowest BCUT2D eigenvalue weighted by Gasteiger charge is -2.10. The summed E-state index contributed by atoms with van der Waals surface area (Å²) in [7, 11) is 3.21. The number of benzene rings is 1. The SMILES string of the molecule is COc1ccc(CNCCF)c(OC)c1. The van der Waals surface area contributed by atoms with Crippen molar-refractivity contribution in [3.05, 3.63) is 23.8 Å². The molecule has 1 rings (SSSR count). The molecule has 0 aliphatic carbocycles. The highest BCUT2D eigenvalue weighted by molar-refractivity contribution is 5.40. The summed E-state index contributed by atoms with van der Waals surface area (Å²) >= 11 is 0. The maximum absolute atomic E-state index is 11.9. The molecular formula is C11H16FNO2. The quantitative estimate of drug-likeness (QED) is 0.730. The summed E-state index contributed by atoms with van der Waals surface area (Å²) in [6.07, 6.45) is 0. The second-order valence-corrected chi connectivity index (χ2v) is 3.04. The minimum Gasteiger partial charge on any atom is -0.497 e. The standard InChI is InChI=1S/C11H16FNO2/c1-14-10-4-3-9(8-13-6-5-12)11(7-10)15-2/h3-4,7,13H,5-6,8H2,1-2H3. The Morgan fingerprint density at radius 2 is 2.07 bits per heavy atom. The molecule has 0 radical (unpaired) electrons. The maximum atomic E-state index is 11.9. The van der Waals surface area contributed by atoms with Crippen LogP contribution in [0.15, 0.2) is 18.2 Å². The average molecular weight is 213 g/mol. The number of ether oxygens (including phenoxy) is 2. The highest BCUT2D eigenvalue weighted by Gasteiger charge is 2.03. The van der Waals surface area contributed by atoms with E-state index in [0.717, 1.165) is 17.1 Å². The van der Waals surface area contributed by atoms with Crippen LogP contribution in [0.2, 0.25) is 0 Å². The molecule has 1 N–H and O–H groups in total. The fourth-order valence-corrected chi connectivity index (χ4v) is 1.29. The lowest BCUT2D eigenvalue weighted by Crippen LogP contribution is -2.16. The van der Waals surface area contributed by atoms with Crippen LogP contribution >= 0.6 is 0 Å². The molecule has 0 unspecified atom stereocenters. The van der Waals surface area contributed by atoms with Crippen LogP contribution in [0.5, 0.6) is 11.5 Å². The van der Waals surface area contributed by atoms with Crippen molar-refractivity contribution in [1.29, 1.82) is 0 Å². The Hall–Kier alpha value is -1.29. The van der Waals surface area contributed by atoms with E-state index in [2.05, 4.69) is 5.32 Å². The zero-order valence-electron chi connectivity index (χ0n) is 9.05. The van der Waals surface area contributed by atoms with Crippen molar-refractivity contribution in [2.75, 3.05) is 27.4 Å². The van der Waals surface area contributed by atoms with Crippen molar-refractivity contribution in [2.24, 2.45) is 0 Å². The first kappa shape index (κ1) is 11.8. The van der Waals surface area contributed by atoms with Crippen LogP contribution in [0.3, 0.4) is 0 Å². The lowest BCUT2D eigenvalue weighted by atomic mass is 10.2. The largest absolute Gasteiger partial charge is 0.497 e. The summed E-state index contributed by atoms with van der Waals surface area (Å²) in [5.41, 5.74) is 0.992. The highest BCUT2D eigenvalue weighted by Crippen LogP contribution is 2.24. The number of hydrogen-bond donors (Lipinski definition) is 1. The molecule has 84 valence electrons. The molecule has 0 fully saturated rings. The van der Waals surface area contributed by atoms with Crippen molar-refractivity contribution < 1.29 is 13.9 Å². The molecule has 0 spiro atoms. The molecule has 0 heterocycles. The van der Waals surface area contributed by atoms with Crippen LogP contribution in [0.1, 0.15) is 5.56 Å². The van der Waals surface area contributed by atoms with Crippen LogP contribution in [0, 0.1) is 0 Å². The Bertz CT molecular complexity index is 305. The van der Waals surface area contributed by atoms with E-state index < -0.39 is 0 Å². The molecule has 0 aromatic heterocycles. The number of methoxy groups -OCH3 is 2. The third kappa shape index (κ3) is 3.40. The Morgan fingerprint density at radius 1 is 1.27 bits per heavy atom. The monoisotopic (exact) mass is 213 g/mol. The van der Waals surface area contributed by atoms with Crippen molar-refractivity contribution in [3.8, 4) is 11.5 Å². The third-order valence-corrected chi connectivity index (χ3v) is 2.08. The Balaban J connectivity index is 2.69. The van der Waals surface area contributed by atoms with Gasteiger partial charge >= 0.3 is 0 Å². The molecular weight excluding hydrogens is 197 g/mol. The normalized spacial score (nSPS) is 10.1. The topological polar surface area (TPSA) is 30.5 Å². The Kier molecular flexibility index (Phi) is 4.90. The third-order valence-electron chi connectivity index (χ3n) is 2.08. The first-order valence-electron chi connectivity index (χ1n) is 4.79. The second kappa shape index (κ2) is 6.24. The number of alkyl halides is 1. The molecule has 0 aliphatic rings. The van der Waals surface area contributed by atoms with Gasteiger partial charge in [-0.3, -0.25) is 0 Å². The van der Waals surface area contributed by atoms with E-state index in [1.54, 1.807) is 14.2 Å². The van der Waals surface area contributed by atoms with Crippen LogP contribution < -0.4 is 14.8 Å². The molecule has 1 aromatic rings. The molecule has 0 aliphatic heterocycles. The summed E-state index contributed by atoms with van der Waals surface area (Å²) in [5.74, 6) is 1.50. The van der Waals surface area contributed by atoms with Crippen molar-refractivity contribution in [3.63, 3.8) is 0 Å². The van der Waals surface area contributed by atoms with Crippen molar-refractivity contribution >= 4 is 0 Å². The zero-order valence-corrected chi connectivity index (χ0v) is 9.05. The van der Waals surface area contributed by atoms with E-state index in [-0.39, 0.29) is 6.67 Å². The van der Waals surface area contributed by atoms with Gasteiger partial charge in [0.2, 0.25) is 0 Å². The molecule has 15 heavy (non-hydrogen) atoms. The van der Waals surface area contributed by atoms with Gasteiger partial charge in [-0.05, 0) is 6.07 Å². The molecule has 3 nitrogen and oxygen atoms in total. The fraction of sp³-hybridized carbons (Fsp3) is 0.455. The van der Waals surface area contributed by atoms with Crippen molar-refractivity contribution in [2.45, 2.75) is 6.54 Å². The predicted octanol–water partition coefficient (Wildman–Crippen LogP) is 1.76. The minimum atomic E-state index is -0.363. The van der Waals surface area contributed by atoms with Gasteiger partial charge in [-0.2, -0.15) is 0 Å². The second-order valence-electron chi connectivity index (χ2n) is 3.04. The first-order valence-corrected chi connectivity index (χ1v) is 4.79. The molecule has 0 saturated heterocycles. The molecule has 0 saturated carbocycles. The van der Waals surface area contributed by atoms with Gasteiger partial charge in [-0.25, -0.2) is 4.39 Å². The number of rotatable bonds is 6. The van der Waals surface area contributed by atoms with Gasteiger partial charge in [0.05, 0.1) is 14.2 Å². The minimum absolute atomic E-state index is 0.356. The zero-order chi connectivity index (χ0) is 11.1. The molecule has 1 aromatic carbocycles. The summed E-state index contributed by atoms with van der Waals surface area (Å²) < 4.78 is 22.2. The molecule has 0 atom stereocenters. The van der Waals surface area contributed by atoms with E-state index in [0.29, 0.717) is 13.1 Å². The van der Waals surface area contributed by atoms with E-state index in [1.165, 1.54) is 0 Å². The van der Waals surface area contributed by atoms with Crippen molar-refractivity contribution in [1.82, 2.24) is 5.32 Å². The van der Waals surface area contributed by atoms with Gasteiger partial charge in [0.15, 0.2) is 0 Å². The summed E-state index contributed by atoms with van der Waals surface area (Å²) in [5, 5.41) is 2.97. The van der Waals surface area contributed by atoms with Gasteiger partial charge in [-0.1, -0.05) is 6.07 Å². The van der Waals surface area contributed by atoms with E-state index in [4.69, 9.17) is 9.47 Å². The van der Waals surface area contributed by atoms with Gasteiger partial charge in [0.1, 0.15) is 18.2 Å². The molecule has 0 bridgehead atoms. The predicted molar refractivity (Wildman–Crippen MR) is 57.2 cm³/mol. The van der Waals surface area contributed by atoms with E-state index in [1.807, 2.05) is 18.2 Å². The fourth-order valence-electron chi connectivity index (χ4n) is 1.29. The van der Waals surface area contributed by atoms with E-state index in [9.17, 15) is 4.39 Å². The van der Waals surface area contributed by atoms with Crippen LogP contribution in [0.4, 0.5) is 4.39 Å². The van der Waals surface area contributed by atoms with Crippen LogP contribution in [-0.2, 0) is 6.54 Å². The first-order chi connectivity index (χ1) is 7.31. The Labute approximate surface area is 89.2 Å². The lowest BCUT2D eigenvalue weighted by molar-refractivity contribution is 0.389. The average Bonchev–Trinajstić information content (AvgIpc) is 2.29. The van der Waals surface area contributed by atoms with Gasteiger partial charge < -0.3 is 14.8 Å². The summed E-state index contributed by atoms with van der Waals surface area (Å²) in [6, 6.07) is 5.57.